The van der Waals surface area contributed by atoms with Crippen LogP contribution in [0.4, 0.5) is 4.53 Å². The molecule has 0 aliphatic rings. The van der Waals surface area contributed by atoms with Gasteiger partial charge in [-0.2, -0.15) is 0 Å². The summed E-state index contributed by atoms with van der Waals surface area (Å²) in [6, 6.07) is 5.07. The average Bonchev–Trinajstić information content (AvgIpc) is 2.08. The monoisotopic (exact) mass is 168 g/mol. The third kappa shape index (κ3) is 1.44. The fourth-order valence-electron chi connectivity index (χ4n) is 1.01. The maximum Gasteiger partial charge on any atom is 0.379 e. The topological polar surface area (TPSA) is 26.3 Å². The van der Waals surface area contributed by atoms with Gasteiger partial charge in [-0.15, -0.1) is 0 Å². The third-order valence-corrected chi connectivity index (χ3v) is 1.89. The fraction of sp³-hybridized carbons (Fsp3) is 0.222. The highest BCUT2D eigenvalue weighted by atomic mass is 19.3. The lowest BCUT2D eigenvalue weighted by molar-refractivity contribution is -0.0788. The molecular formula is C9H9FO2. The minimum atomic E-state index is -0.934. The molecule has 3 heteroatoms. The van der Waals surface area contributed by atoms with E-state index in [0.29, 0.717) is 0 Å². The number of aryl methyl sites for hydroxylation is 1. The van der Waals surface area contributed by atoms with Gasteiger partial charge in [-0.3, -0.25) is 0 Å². The first-order chi connectivity index (χ1) is 5.66. The van der Waals surface area contributed by atoms with Gasteiger partial charge < -0.3 is 0 Å². The largest absolute Gasteiger partial charge is 0.379 e. The lowest BCUT2D eigenvalue weighted by Crippen LogP contribution is -2.02. The van der Waals surface area contributed by atoms with Crippen LogP contribution >= 0.6 is 0 Å². The van der Waals surface area contributed by atoms with Crippen molar-refractivity contribution in [1.29, 1.82) is 0 Å². The second-order valence-electron chi connectivity index (χ2n) is 2.61. The highest BCUT2D eigenvalue weighted by molar-refractivity contribution is 5.90. The van der Waals surface area contributed by atoms with Crippen molar-refractivity contribution < 1.29 is 14.3 Å². The molecule has 0 unspecified atom stereocenters. The molecule has 64 valence electrons. The predicted octanol–water partition coefficient (Wildman–Crippen LogP) is 2.34. The molecule has 0 amide bonds. The van der Waals surface area contributed by atoms with E-state index < -0.39 is 5.97 Å². The summed E-state index contributed by atoms with van der Waals surface area (Å²) in [6.45, 7) is 3.60. The Kier molecular flexibility index (Phi) is 2.43. The predicted molar refractivity (Wildman–Crippen MR) is 42.4 cm³/mol. The summed E-state index contributed by atoms with van der Waals surface area (Å²) in [7, 11) is 0. The molecule has 0 atom stereocenters. The first kappa shape index (κ1) is 8.71. The van der Waals surface area contributed by atoms with Crippen molar-refractivity contribution in [3.05, 3.63) is 34.9 Å². The van der Waals surface area contributed by atoms with Gasteiger partial charge in [-0.25, -0.2) is 9.74 Å². The molecule has 12 heavy (non-hydrogen) atoms. The van der Waals surface area contributed by atoms with Crippen molar-refractivity contribution in [3.63, 3.8) is 0 Å². The van der Waals surface area contributed by atoms with Crippen LogP contribution in [0.5, 0.6) is 0 Å². The summed E-state index contributed by atoms with van der Waals surface area (Å²) in [4.78, 5) is 13.9. The Morgan fingerprint density at radius 2 is 2.08 bits per heavy atom. The van der Waals surface area contributed by atoms with Gasteiger partial charge in [0.1, 0.15) is 0 Å². The Bertz CT molecular complexity index is 307. The van der Waals surface area contributed by atoms with E-state index in [2.05, 4.69) is 4.94 Å². The standard InChI is InChI=1S/C9H9FO2/c1-6-4-3-5-8(7(6)2)9(11)12-10/h3-5H,1-2H3. The number of benzene rings is 1. The van der Waals surface area contributed by atoms with Crippen LogP contribution in [0.3, 0.4) is 0 Å². The number of carbonyl (C=O) groups excluding carboxylic acids is 1. The smallest absolute Gasteiger partial charge is 0.249 e. The second-order valence-corrected chi connectivity index (χ2v) is 2.61. The van der Waals surface area contributed by atoms with E-state index in [1.54, 1.807) is 13.0 Å². The molecule has 0 aliphatic heterocycles. The molecule has 1 rings (SSSR count). The zero-order valence-corrected chi connectivity index (χ0v) is 6.93. The van der Waals surface area contributed by atoms with Crippen LogP contribution in [-0.2, 0) is 4.94 Å². The molecule has 0 bridgehead atoms. The van der Waals surface area contributed by atoms with Gasteiger partial charge in [0.25, 0.3) is 0 Å². The summed E-state index contributed by atoms with van der Waals surface area (Å²) in [5.74, 6) is -0.934. The van der Waals surface area contributed by atoms with Gasteiger partial charge in [0.2, 0.25) is 0 Å². The van der Waals surface area contributed by atoms with E-state index in [0.717, 1.165) is 11.1 Å². The minimum Gasteiger partial charge on any atom is -0.249 e. The van der Waals surface area contributed by atoms with Gasteiger partial charge in [0.05, 0.1) is 5.56 Å². The number of hydrogen-bond acceptors (Lipinski definition) is 2. The second kappa shape index (κ2) is 3.34. The molecular weight excluding hydrogens is 159 g/mol. The molecule has 1 aromatic rings. The first-order valence-corrected chi connectivity index (χ1v) is 3.56. The molecule has 0 heterocycles. The zero-order chi connectivity index (χ0) is 9.14. The van der Waals surface area contributed by atoms with Gasteiger partial charge in [-0.1, -0.05) is 12.1 Å². The van der Waals surface area contributed by atoms with Gasteiger partial charge in [-0.05, 0) is 31.0 Å². The number of carbonyl (C=O) groups is 1. The Balaban J connectivity index is 3.16. The molecule has 0 spiro atoms. The fourth-order valence-corrected chi connectivity index (χ4v) is 1.01. The molecule has 2 nitrogen and oxygen atoms in total. The first-order valence-electron chi connectivity index (χ1n) is 3.56. The van der Waals surface area contributed by atoms with Crippen LogP contribution in [0.2, 0.25) is 0 Å². The highest BCUT2D eigenvalue weighted by Crippen LogP contribution is 2.13. The van der Waals surface area contributed by atoms with Crippen LogP contribution in [-0.4, -0.2) is 5.97 Å². The molecule has 0 saturated heterocycles. The Hall–Kier alpha value is -1.38. The summed E-state index contributed by atoms with van der Waals surface area (Å²) < 4.78 is 11.5. The normalized spacial score (nSPS) is 9.58. The SMILES string of the molecule is Cc1cccc(C(=O)OF)c1C. The van der Waals surface area contributed by atoms with Crippen LogP contribution in [0, 0.1) is 13.8 Å². The molecule has 0 radical (unpaired) electrons. The Labute approximate surface area is 69.9 Å². The van der Waals surface area contributed by atoms with Crippen LogP contribution < -0.4 is 0 Å². The average molecular weight is 168 g/mol. The van der Waals surface area contributed by atoms with E-state index in [1.165, 1.54) is 6.07 Å². The Morgan fingerprint density at radius 1 is 1.42 bits per heavy atom. The number of hydrogen-bond donors (Lipinski definition) is 0. The van der Waals surface area contributed by atoms with E-state index >= 15 is 0 Å². The third-order valence-electron chi connectivity index (χ3n) is 1.89. The molecule has 0 N–H and O–H groups in total. The van der Waals surface area contributed by atoms with Crippen molar-refractivity contribution in [2.24, 2.45) is 0 Å². The Morgan fingerprint density at radius 3 is 2.67 bits per heavy atom. The van der Waals surface area contributed by atoms with E-state index in [4.69, 9.17) is 0 Å². The van der Waals surface area contributed by atoms with E-state index in [1.807, 2.05) is 13.0 Å². The summed E-state index contributed by atoms with van der Waals surface area (Å²) >= 11 is 0. The molecule has 0 aromatic heterocycles. The summed E-state index contributed by atoms with van der Waals surface area (Å²) in [5, 5.41) is 0. The summed E-state index contributed by atoms with van der Waals surface area (Å²) in [5.41, 5.74) is 1.97. The van der Waals surface area contributed by atoms with Crippen molar-refractivity contribution >= 4 is 5.97 Å². The van der Waals surface area contributed by atoms with E-state index in [9.17, 15) is 9.32 Å². The highest BCUT2D eigenvalue weighted by Gasteiger charge is 2.11. The maximum atomic E-state index is 11.5. The molecule has 0 aliphatic carbocycles. The van der Waals surface area contributed by atoms with Crippen LogP contribution in [0.1, 0.15) is 21.5 Å². The number of halogens is 1. The lowest BCUT2D eigenvalue weighted by Gasteiger charge is -2.02. The lowest BCUT2D eigenvalue weighted by atomic mass is 10.0. The van der Waals surface area contributed by atoms with Gasteiger partial charge in [0, 0.05) is 4.53 Å². The van der Waals surface area contributed by atoms with Crippen LogP contribution in [0.15, 0.2) is 18.2 Å². The van der Waals surface area contributed by atoms with E-state index in [-0.39, 0.29) is 5.56 Å². The molecule has 0 saturated carbocycles. The number of rotatable bonds is 1. The van der Waals surface area contributed by atoms with Crippen molar-refractivity contribution in [1.82, 2.24) is 0 Å². The van der Waals surface area contributed by atoms with Crippen molar-refractivity contribution in [3.8, 4) is 0 Å². The molecule has 0 fully saturated rings. The van der Waals surface area contributed by atoms with Gasteiger partial charge in [0.15, 0.2) is 0 Å². The van der Waals surface area contributed by atoms with Gasteiger partial charge >= 0.3 is 5.97 Å². The van der Waals surface area contributed by atoms with Crippen molar-refractivity contribution in [2.75, 3.05) is 0 Å². The molecule has 1 aromatic carbocycles. The summed E-state index contributed by atoms with van der Waals surface area (Å²) in [6.07, 6.45) is 0. The minimum absolute atomic E-state index is 0.275. The van der Waals surface area contributed by atoms with Crippen LogP contribution in [0.25, 0.3) is 0 Å². The maximum absolute atomic E-state index is 11.5. The quantitative estimate of drug-likeness (QED) is 0.643. The zero-order valence-electron chi connectivity index (χ0n) is 6.93. The van der Waals surface area contributed by atoms with Crippen molar-refractivity contribution in [2.45, 2.75) is 13.8 Å².